The Morgan fingerprint density at radius 3 is 2.33 bits per heavy atom. The van der Waals surface area contributed by atoms with Crippen molar-refractivity contribution in [3.63, 3.8) is 0 Å². The molecule has 21 heavy (non-hydrogen) atoms. The number of nitrogens with one attached hydrogen (secondary N) is 1. The fourth-order valence-corrected chi connectivity index (χ4v) is 2.37. The Labute approximate surface area is 125 Å². The summed E-state index contributed by atoms with van der Waals surface area (Å²) in [4.78, 5) is 25.8. The van der Waals surface area contributed by atoms with Gasteiger partial charge in [0.05, 0.1) is 6.54 Å². The fraction of sp³-hybridized carbons (Fsp3) is 0.500. The first-order chi connectivity index (χ1) is 9.87. The molecule has 5 nitrogen and oxygen atoms in total. The van der Waals surface area contributed by atoms with Crippen LogP contribution in [0.5, 0.6) is 0 Å². The summed E-state index contributed by atoms with van der Waals surface area (Å²) >= 11 is 0. The molecule has 0 radical (unpaired) electrons. The summed E-state index contributed by atoms with van der Waals surface area (Å²) < 4.78 is 0. The van der Waals surface area contributed by atoms with E-state index in [1.54, 1.807) is 24.3 Å². The van der Waals surface area contributed by atoms with Crippen molar-refractivity contribution in [3.05, 3.63) is 29.8 Å². The Kier molecular flexibility index (Phi) is 4.50. The molecule has 1 aliphatic rings. The number of amides is 2. The molecule has 3 N–H and O–H groups in total. The van der Waals surface area contributed by atoms with Crippen molar-refractivity contribution in [2.75, 3.05) is 25.4 Å². The minimum absolute atomic E-state index is 0.0192. The maximum Gasteiger partial charge on any atom is 0.251 e. The van der Waals surface area contributed by atoms with E-state index in [-0.39, 0.29) is 18.4 Å². The molecule has 0 unspecified atom stereocenters. The molecule has 5 heteroatoms. The molecule has 1 aromatic rings. The zero-order chi connectivity index (χ0) is 15.5. The summed E-state index contributed by atoms with van der Waals surface area (Å²) in [5.74, 6) is -0.269. The van der Waals surface area contributed by atoms with Crippen molar-refractivity contribution in [1.29, 1.82) is 0 Å². The fourth-order valence-electron chi connectivity index (χ4n) is 2.37. The Balaban J connectivity index is 1.81. The van der Waals surface area contributed by atoms with Gasteiger partial charge in [0, 0.05) is 24.3 Å². The van der Waals surface area contributed by atoms with Gasteiger partial charge in [0.1, 0.15) is 0 Å². The first kappa shape index (κ1) is 15.4. The average molecular weight is 289 g/mol. The van der Waals surface area contributed by atoms with Gasteiger partial charge < -0.3 is 16.0 Å². The van der Waals surface area contributed by atoms with E-state index in [2.05, 4.69) is 19.2 Å². The number of benzene rings is 1. The van der Waals surface area contributed by atoms with E-state index in [9.17, 15) is 9.59 Å². The molecule has 0 saturated carbocycles. The van der Waals surface area contributed by atoms with E-state index in [1.165, 1.54) is 0 Å². The van der Waals surface area contributed by atoms with Gasteiger partial charge in [-0.05, 0) is 42.5 Å². The first-order valence-electron chi connectivity index (χ1n) is 7.29. The Bertz CT molecular complexity index is 513. The van der Waals surface area contributed by atoms with Gasteiger partial charge in [-0.25, -0.2) is 0 Å². The number of likely N-dealkylation sites (tertiary alicyclic amines) is 1. The molecular weight excluding hydrogens is 266 g/mol. The number of carbonyl (C=O) groups is 2. The lowest BCUT2D eigenvalue weighted by Crippen LogP contribution is -2.45. The summed E-state index contributed by atoms with van der Waals surface area (Å²) in [6, 6.07) is 6.64. The number of nitrogens with two attached hydrogens (primary N) is 1. The van der Waals surface area contributed by atoms with E-state index in [0.29, 0.717) is 16.7 Å². The number of hydrogen-bond acceptors (Lipinski definition) is 3. The third-order valence-electron chi connectivity index (χ3n) is 4.04. The van der Waals surface area contributed by atoms with Crippen LogP contribution in [0.15, 0.2) is 24.3 Å². The van der Waals surface area contributed by atoms with Crippen LogP contribution in [0.1, 0.15) is 37.0 Å². The topological polar surface area (TPSA) is 75.4 Å². The molecule has 1 saturated heterocycles. The summed E-state index contributed by atoms with van der Waals surface area (Å²) in [6.45, 7) is 6.02. The molecule has 1 fully saturated rings. The van der Waals surface area contributed by atoms with E-state index < -0.39 is 0 Å². The van der Waals surface area contributed by atoms with E-state index in [0.717, 1.165) is 25.9 Å². The van der Waals surface area contributed by atoms with Crippen LogP contribution < -0.4 is 11.1 Å². The maximum atomic E-state index is 12.1. The van der Waals surface area contributed by atoms with Crippen LogP contribution in [0.4, 0.5) is 5.69 Å². The Hall–Kier alpha value is -2.04. The first-order valence-corrected chi connectivity index (χ1v) is 7.29. The molecule has 2 amide bonds. The van der Waals surface area contributed by atoms with Crippen LogP contribution in [-0.2, 0) is 4.79 Å². The number of nitrogens with zero attached hydrogens (tertiary/aromatic N) is 1. The van der Waals surface area contributed by atoms with Crippen molar-refractivity contribution >= 4 is 17.5 Å². The van der Waals surface area contributed by atoms with Crippen LogP contribution >= 0.6 is 0 Å². The van der Waals surface area contributed by atoms with Gasteiger partial charge in [-0.2, -0.15) is 0 Å². The molecule has 0 aromatic heterocycles. The second-order valence-electron chi connectivity index (χ2n) is 6.35. The van der Waals surface area contributed by atoms with E-state index >= 15 is 0 Å². The van der Waals surface area contributed by atoms with E-state index in [1.807, 2.05) is 4.90 Å². The monoisotopic (exact) mass is 289 g/mol. The molecular formula is C16H23N3O2. The highest BCUT2D eigenvalue weighted by Crippen LogP contribution is 2.29. The minimum atomic E-state index is -0.249. The zero-order valence-electron chi connectivity index (χ0n) is 12.7. The lowest BCUT2D eigenvalue weighted by atomic mass is 9.83. The summed E-state index contributed by atoms with van der Waals surface area (Å²) in [5.41, 5.74) is 7.01. The molecule has 2 rings (SSSR count). The van der Waals surface area contributed by atoms with Crippen LogP contribution in [-0.4, -0.2) is 36.3 Å². The maximum absolute atomic E-state index is 12.1. The molecule has 1 aliphatic heterocycles. The lowest BCUT2D eigenvalue weighted by molar-refractivity contribution is -0.132. The summed E-state index contributed by atoms with van der Waals surface area (Å²) in [6.07, 6.45) is 2.01. The van der Waals surface area contributed by atoms with Gasteiger partial charge in [0.25, 0.3) is 5.91 Å². The Morgan fingerprint density at radius 2 is 1.76 bits per heavy atom. The predicted octanol–water partition coefficient (Wildman–Crippen LogP) is 1.65. The number of carbonyl (C=O) groups excluding carboxylic acids is 2. The zero-order valence-corrected chi connectivity index (χ0v) is 12.7. The SMILES string of the molecule is CC1(C)CCN(C(=O)CNC(=O)c2ccc(N)cc2)CC1. The van der Waals surface area contributed by atoms with Gasteiger partial charge in [0.2, 0.25) is 5.91 Å². The number of anilines is 1. The molecule has 1 aromatic carbocycles. The van der Waals surface area contributed by atoms with Gasteiger partial charge in [0.15, 0.2) is 0 Å². The highest BCUT2D eigenvalue weighted by molar-refractivity contribution is 5.96. The van der Waals surface area contributed by atoms with Gasteiger partial charge in [-0.3, -0.25) is 9.59 Å². The van der Waals surface area contributed by atoms with Crippen molar-refractivity contribution in [3.8, 4) is 0 Å². The number of rotatable bonds is 3. The standard InChI is InChI=1S/C16H23N3O2/c1-16(2)7-9-19(10-8-16)14(20)11-18-15(21)12-3-5-13(17)6-4-12/h3-6H,7-11,17H2,1-2H3,(H,18,21). The van der Waals surface area contributed by atoms with Crippen molar-refractivity contribution in [2.45, 2.75) is 26.7 Å². The summed E-state index contributed by atoms with van der Waals surface area (Å²) in [5, 5.41) is 2.67. The molecule has 1 heterocycles. The number of piperidine rings is 1. The third-order valence-corrected chi connectivity index (χ3v) is 4.04. The van der Waals surface area contributed by atoms with Crippen LogP contribution in [0, 0.1) is 5.41 Å². The van der Waals surface area contributed by atoms with Crippen molar-refractivity contribution in [2.24, 2.45) is 5.41 Å². The van der Waals surface area contributed by atoms with Gasteiger partial charge in [-0.1, -0.05) is 13.8 Å². The predicted molar refractivity (Wildman–Crippen MR) is 82.8 cm³/mol. The van der Waals surface area contributed by atoms with Crippen molar-refractivity contribution in [1.82, 2.24) is 10.2 Å². The molecule has 114 valence electrons. The lowest BCUT2D eigenvalue weighted by Gasteiger charge is -2.36. The van der Waals surface area contributed by atoms with Crippen molar-refractivity contribution < 1.29 is 9.59 Å². The highest BCUT2D eigenvalue weighted by Gasteiger charge is 2.27. The Morgan fingerprint density at radius 1 is 1.19 bits per heavy atom. The number of nitrogen functional groups attached to an aromatic ring is 1. The van der Waals surface area contributed by atoms with E-state index in [4.69, 9.17) is 5.73 Å². The second-order valence-corrected chi connectivity index (χ2v) is 6.35. The largest absolute Gasteiger partial charge is 0.399 e. The molecule has 0 aliphatic carbocycles. The molecule has 0 bridgehead atoms. The smallest absolute Gasteiger partial charge is 0.251 e. The number of hydrogen-bond donors (Lipinski definition) is 2. The second kappa shape index (κ2) is 6.16. The van der Waals surface area contributed by atoms with Crippen LogP contribution in [0.25, 0.3) is 0 Å². The average Bonchev–Trinajstić information content (AvgIpc) is 2.45. The summed E-state index contributed by atoms with van der Waals surface area (Å²) in [7, 11) is 0. The third kappa shape index (κ3) is 4.21. The highest BCUT2D eigenvalue weighted by atomic mass is 16.2. The normalized spacial score (nSPS) is 17.3. The van der Waals surface area contributed by atoms with Crippen LogP contribution in [0.2, 0.25) is 0 Å². The molecule has 0 spiro atoms. The van der Waals surface area contributed by atoms with Crippen LogP contribution in [0.3, 0.4) is 0 Å². The quantitative estimate of drug-likeness (QED) is 0.831. The molecule has 0 atom stereocenters. The van der Waals surface area contributed by atoms with Gasteiger partial charge >= 0.3 is 0 Å². The van der Waals surface area contributed by atoms with Gasteiger partial charge in [-0.15, -0.1) is 0 Å². The minimum Gasteiger partial charge on any atom is -0.399 e.